The number of nitrogens with one attached hydrogen (secondary N) is 1. The van der Waals surface area contributed by atoms with Gasteiger partial charge in [-0.3, -0.25) is 0 Å². The number of alkyl halides is 3. The first-order valence-corrected chi connectivity index (χ1v) is 7.72. The lowest BCUT2D eigenvalue weighted by molar-refractivity contribution is -0.0328. The first kappa shape index (κ1) is 15.4. The highest BCUT2D eigenvalue weighted by Gasteiger charge is 2.28. The molecule has 0 aliphatic carbocycles. The van der Waals surface area contributed by atoms with E-state index in [9.17, 15) is 13.2 Å². The van der Waals surface area contributed by atoms with Gasteiger partial charge in [0.1, 0.15) is 0 Å². The van der Waals surface area contributed by atoms with Gasteiger partial charge in [0.2, 0.25) is 0 Å². The maximum absolute atomic E-state index is 12.2. The lowest BCUT2D eigenvalue weighted by atomic mass is 10.2. The van der Waals surface area contributed by atoms with Crippen LogP contribution in [0.25, 0.3) is 0 Å². The summed E-state index contributed by atoms with van der Waals surface area (Å²) in [5, 5.41) is 5.35. The topological polar surface area (TPSA) is 12.0 Å². The molecule has 0 unspecified atom stereocenters. The molecule has 0 amide bonds. The number of rotatable bonds is 5. The van der Waals surface area contributed by atoms with Gasteiger partial charge in [-0.1, -0.05) is 12.1 Å². The number of thiophene rings is 1. The molecule has 6 heteroatoms. The van der Waals surface area contributed by atoms with Crippen molar-refractivity contribution in [2.75, 3.05) is 0 Å². The zero-order valence-electron chi connectivity index (χ0n) is 10.8. The van der Waals surface area contributed by atoms with Gasteiger partial charge in [0.15, 0.2) is 0 Å². The summed E-state index contributed by atoms with van der Waals surface area (Å²) in [4.78, 5) is 1.50. The molecule has 1 aromatic heterocycles. The van der Waals surface area contributed by atoms with Crippen molar-refractivity contribution in [1.29, 1.82) is 0 Å². The Balaban J connectivity index is 1.83. The molecule has 0 fully saturated rings. The Morgan fingerprint density at radius 1 is 1.10 bits per heavy atom. The normalized spacial score (nSPS) is 11.8. The molecule has 1 nitrogen and oxygen atoms in total. The van der Waals surface area contributed by atoms with Crippen molar-refractivity contribution < 1.29 is 13.2 Å². The van der Waals surface area contributed by atoms with Crippen LogP contribution in [0.5, 0.6) is 0 Å². The Morgan fingerprint density at radius 3 is 2.35 bits per heavy atom. The molecule has 0 saturated carbocycles. The van der Waals surface area contributed by atoms with Gasteiger partial charge in [0, 0.05) is 22.9 Å². The van der Waals surface area contributed by atoms with E-state index >= 15 is 0 Å². The lowest BCUT2D eigenvalue weighted by Crippen LogP contribution is -2.12. The van der Waals surface area contributed by atoms with E-state index in [1.165, 1.54) is 22.6 Å². The third-order valence-corrected chi connectivity index (χ3v) is 4.50. The van der Waals surface area contributed by atoms with Crippen LogP contribution in [0.1, 0.15) is 16.0 Å². The maximum atomic E-state index is 12.2. The van der Waals surface area contributed by atoms with Crippen molar-refractivity contribution in [3.8, 4) is 0 Å². The van der Waals surface area contributed by atoms with Crippen LogP contribution in [0.2, 0.25) is 0 Å². The molecule has 1 N–H and O–H groups in total. The second kappa shape index (κ2) is 6.65. The third kappa shape index (κ3) is 4.85. The molecule has 0 radical (unpaired) electrons. The Morgan fingerprint density at radius 2 is 1.80 bits per heavy atom. The molecule has 20 heavy (non-hydrogen) atoms. The minimum absolute atomic E-state index is 0.0855. The highest BCUT2D eigenvalue weighted by Crippen LogP contribution is 2.36. The molecule has 0 bridgehead atoms. The molecular formula is C14H14F3NS2. The average molecular weight is 317 g/mol. The predicted molar refractivity (Wildman–Crippen MR) is 78.0 cm³/mol. The monoisotopic (exact) mass is 317 g/mol. The van der Waals surface area contributed by atoms with E-state index in [4.69, 9.17) is 0 Å². The maximum Gasteiger partial charge on any atom is 0.446 e. The van der Waals surface area contributed by atoms with Crippen LogP contribution in [0.3, 0.4) is 0 Å². The SMILES string of the molecule is Cc1ccsc1CNCc1ccc(SC(F)(F)F)cc1. The van der Waals surface area contributed by atoms with E-state index in [0.717, 1.165) is 12.1 Å². The predicted octanol–water partition coefficient (Wildman–Crippen LogP) is 4.96. The molecule has 1 heterocycles. The summed E-state index contributed by atoms with van der Waals surface area (Å²) in [6, 6.07) is 8.53. The van der Waals surface area contributed by atoms with E-state index in [1.54, 1.807) is 23.5 Å². The number of aryl methyl sites for hydroxylation is 1. The van der Waals surface area contributed by atoms with E-state index in [0.29, 0.717) is 6.54 Å². The fraction of sp³-hybridized carbons (Fsp3) is 0.286. The van der Waals surface area contributed by atoms with E-state index in [1.807, 2.05) is 0 Å². The van der Waals surface area contributed by atoms with Gasteiger partial charge < -0.3 is 5.32 Å². The molecule has 0 spiro atoms. The van der Waals surface area contributed by atoms with E-state index < -0.39 is 5.51 Å². The van der Waals surface area contributed by atoms with Crippen LogP contribution < -0.4 is 5.32 Å². The number of thioether (sulfide) groups is 1. The van der Waals surface area contributed by atoms with Crippen LogP contribution in [0.15, 0.2) is 40.6 Å². The Hall–Kier alpha value is -0.980. The van der Waals surface area contributed by atoms with Gasteiger partial charge >= 0.3 is 5.51 Å². The van der Waals surface area contributed by atoms with Gasteiger partial charge in [-0.15, -0.1) is 11.3 Å². The highest BCUT2D eigenvalue weighted by atomic mass is 32.2. The van der Waals surface area contributed by atoms with Crippen molar-refractivity contribution >= 4 is 23.1 Å². The number of benzene rings is 1. The quantitative estimate of drug-likeness (QED) is 0.782. The molecule has 108 valence electrons. The smallest absolute Gasteiger partial charge is 0.308 e. The number of hydrogen-bond acceptors (Lipinski definition) is 3. The van der Waals surface area contributed by atoms with Crippen LogP contribution >= 0.6 is 23.1 Å². The second-order valence-corrected chi connectivity index (χ2v) is 6.46. The summed E-state index contributed by atoms with van der Waals surface area (Å²) >= 11 is 1.62. The van der Waals surface area contributed by atoms with Crippen LogP contribution in [-0.4, -0.2) is 5.51 Å². The Bertz CT molecular complexity index is 546. The highest BCUT2D eigenvalue weighted by molar-refractivity contribution is 8.00. The molecule has 0 atom stereocenters. The molecule has 0 aliphatic heterocycles. The van der Waals surface area contributed by atoms with Crippen molar-refractivity contribution in [2.24, 2.45) is 0 Å². The minimum atomic E-state index is -4.23. The van der Waals surface area contributed by atoms with E-state index in [-0.39, 0.29) is 16.7 Å². The summed E-state index contributed by atoms with van der Waals surface area (Å²) < 4.78 is 36.6. The van der Waals surface area contributed by atoms with Crippen LogP contribution in [0.4, 0.5) is 13.2 Å². The molecule has 0 saturated heterocycles. The lowest BCUT2D eigenvalue weighted by Gasteiger charge is -2.07. The average Bonchev–Trinajstić information content (AvgIpc) is 2.76. The Kier molecular flexibility index (Phi) is 5.12. The summed E-state index contributed by atoms with van der Waals surface area (Å²) in [5.41, 5.74) is -1.98. The third-order valence-electron chi connectivity index (χ3n) is 2.74. The standard InChI is InChI=1S/C14H14F3NS2/c1-10-6-7-19-13(10)9-18-8-11-2-4-12(5-3-11)20-14(15,16)17/h2-7,18H,8-9H2,1H3. The minimum Gasteiger partial charge on any atom is -0.308 e. The van der Waals surface area contributed by atoms with Crippen LogP contribution in [-0.2, 0) is 13.1 Å². The van der Waals surface area contributed by atoms with Gasteiger partial charge in [0.25, 0.3) is 0 Å². The summed E-state index contributed by atoms with van der Waals surface area (Å²) in [7, 11) is 0. The van der Waals surface area contributed by atoms with Crippen molar-refractivity contribution in [1.82, 2.24) is 5.32 Å². The van der Waals surface area contributed by atoms with Crippen molar-refractivity contribution in [3.63, 3.8) is 0 Å². The molecule has 0 aliphatic rings. The fourth-order valence-electron chi connectivity index (χ4n) is 1.71. The van der Waals surface area contributed by atoms with Gasteiger partial charge in [-0.25, -0.2) is 0 Å². The largest absolute Gasteiger partial charge is 0.446 e. The van der Waals surface area contributed by atoms with Crippen LogP contribution in [0, 0.1) is 6.92 Å². The zero-order chi connectivity index (χ0) is 14.6. The second-order valence-electron chi connectivity index (χ2n) is 4.32. The molecule has 2 aromatic rings. The molecular weight excluding hydrogens is 303 g/mol. The summed E-state index contributed by atoms with van der Waals surface area (Å²) in [6.07, 6.45) is 0. The zero-order valence-corrected chi connectivity index (χ0v) is 12.5. The van der Waals surface area contributed by atoms with Gasteiger partial charge in [0.05, 0.1) is 0 Å². The van der Waals surface area contributed by atoms with Crippen molar-refractivity contribution in [2.45, 2.75) is 30.4 Å². The Labute approximate surface area is 124 Å². The van der Waals surface area contributed by atoms with E-state index in [2.05, 4.69) is 23.7 Å². The first-order valence-electron chi connectivity index (χ1n) is 6.02. The van der Waals surface area contributed by atoms with Gasteiger partial charge in [-0.2, -0.15) is 13.2 Å². The first-order chi connectivity index (χ1) is 9.44. The van der Waals surface area contributed by atoms with Crippen molar-refractivity contribution in [3.05, 3.63) is 51.7 Å². The summed E-state index contributed by atoms with van der Waals surface area (Å²) in [5.74, 6) is 0. The fourth-order valence-corrected chi connectivity index (χ4v) is 3.13. The number of halogens is 3. The molecule has 2 rings (SSSR count). The van der Waals surface area contributed by atoms with Gasteiger partial charge in [-0.05, 0) is 53.4 Å². The molecule has 1 aromatic carbocycles. The summed E-state index contributed by atoms with van der Waals surface area (Å²) in [6.45, 7) is 3.49. The number of hydrogen-bond donors (Lipinski definition) is 1.